The van der Waals surface area contributed by atoms with Crippen LogP contribution < -0.4 is 10.6 Å². The fourth-order valence-corrected chi connectivity index (χ4v) is 4.09. The Morgan fingerprint density at radius 2 is 1.79 bits per heavy atom. The molecule has 1 nitrogen and oxygen atoms in total. The van der Waals surface area contributed by atoms with E-state index in [0.717, 1.165) is 13.0 Å². The number of benzene rings is 1. The van der Waals surface area contributed by atoms with Gasteiger partial charge in [-0.2, -0.15) is 0 Å². The third kappa shape index (κ3) is 2.91. The van der Waals surface area contributed by atoms with Crippen molar-refractivity contribution < 1.29 is 0 Å². The Morgan fingerprint density at radius 1 is 1.08 bits per heavy atom. The summed E-state index contributed by atoms with van der Waals surface area (Å²) in [5.74, 6) is 0. The molecule has 124 valence electrons. The van der Waals surface area contributed by atoms with Gasteiger partial charge in [0.2, 0.25) is 0 Å². The minimum absolute atomic E-state index is 0.194. The minimum atomic E-state index is 0.194. The highest BCUT2D eigenvalue weighted by atomic mass is 15.0. The van der Waals surface area contributed by atoms with Crippen molar-refractivity contribution in [1.82, 2.24) is 4.57 Å². The van der Waals surface area contributed by atoms with Gasteiger partial charge in [-0.1, -0.05) is 75.6 Å². The van der Waals surface area contributed by atoms with Gasteiger partial charge in [0.25, 0.3) is 0 Å². The van der Waals surface area contributed by atoms with Gasteiger partial charge < -0.3 is 4.57 Å². The number of aromatic nitrogens is 1. The monoisotopic (exact) mass is 317 g/mol. The summed E-state index contributed by atoms with van der Waals surface area (Å²) in [7, 11) is 0. The van der Waals surface area contributed by atoms with Crippen LogP contribution in [0.2, 0.25) is 0 Å². The van der Waals surface area contributed by atoms with Crippen molar-refractivity contribution in [3.63, 3.8) is 0 Å². The van der Waals surface area contributed by atoms with Crippen LogP contribution >= 0.6 is 0 Å². The van der Waals surface area contributed by atoms with Gasteiger partial charge in [-0.15, -0.1) is 0 Å². The lowest BCUT2D eigenvalue weighted by molar-refractivity contribution is 0.401. The molecule has 1 aliphatic carbocycles. The Hall–Kier alpha value is -2.28. The molecule has 0 N–H and O–H groups in total. The minimum Gasteiger partial charge on any atom is -0.339 e. The van der Waals surface area contributed by atoms with Crippen LogP contribution in [0.5, 0.6) is 0 Å². The highest BCUT2D eigenvalue weighted by molar-refractivity contribution is 5.48. The summed E-state index contributed by atoms with van der Waals surface area (Å²) in [5, 5.41) is 2.58. The van der Waals surface area contributed by atoms with Crippen LogP contribution in [0.15, 0.2) is 55.6 Å². The highest BCUT2D eigenvalue weighted by Gasteiger charge is 2.32. The number of allylic oxidation sites excluding steroid dienone is 2. The van der Waals surface area contributed by atoms with Crippen LogP contribution in [0.1, 0.15) is 43.5 Å². The first kappa shape index (κ1) is 16.6. The molecule has 0 aliphatic heterocycles. The van der Waals surface area contributed by atoms with Gasteiger partial charge in [0.05, 0.1) is 0 Å². The molecular formula is C23H27N. The van der Waals surface area contributed by atoms with Crippen LogP contribution in [0, 0.1) is 0 Å². The van der Waals surface area contributed by atoms with Crippen molar-refractivity contribution in [1.29, 1.82) is 0 Å². The van der Waals surface area contributed by atoms with Crippen molar-refractivity contribution in [2.24, 2.45) is 0 Å². The van der Waals surface area contributed by atoms with Crippen LogP contribution in [0.3, 0.4) is 0 Å². The summed E-state index contributed by atoms with van der Waals surface area (Å²) in [6.45, 7) is 13.5. The molecule has 1 heterocycles. The quantitative estimate of drug-likeness (QED) is 0.800. The van der Waals surface area contributed by atoms with E-state index in [1.165, 1.54) is 40.2 Å². The zero-order valence-electron chi connectivity index (χ0n) is 14.9. The number of rotatable bonds is 4. The molecule has 0 unspecified atom stereocenters. The van der Waals surface area contributed by atoms with Crippen molar-refractivity contribution in [3.8, 4) is 0 Å². The molecule has 0 amide bonds. The molecule has 0 bridgehead atoms. The average Bonchev–Trinajstić information content (AvgIpc) is 2.84. The van der Waals surface area contributed by atoms with E-state index in [1.807, 2.05) is 12.2 Å². The lowest BCUT2D eigenvalue weighted by Crippen LogP contribution is -2.31. The fourth-order valence-electron chi connectivity index (χ4n) is 4.09. The van der Waals surface area contributed by atoms with E-state index in [0.29, 0.717) is 0 Å². The molecule has 1 aliphatic rings. The number of nitrogens with zero attached hydrogens (tertiary/aromatic N) is 1. The fraction of sp³-hybridized carbons (Fsp3) is 0.304. The number of hydrogen-bond donors (Lipinski definition) is 0. The Kier molecular flexibility index (Phi) is 4.62. The Balaban J connectivity index is 2.34. The first-order valence-electron chi connectivity index (χ1n) is 8.80. The van der Waals surface area contributed by atoms with Crippen LogP contribution in [0.25, 0.3) is 12.2 Å². The molecule has 0 spiro atoms. The van der Waals surface area contributed by atoms with Gasteiger partial charge >= 0.3 is 0 Å². The predicted molar refractivity (Wildman–Crippen MR) is 105 cm³/mol. The second kappa shape index (κ2) is 6.68. The van der Waals surface area contributed by atoms with Gasteiger partial charge in [-0.05, 0) is 36.5 Å². The summed E-state index contributed by atoms with van der Waals surface area (Å²) in [6, 6.07) is 10.7. The summed E-state index contributed by atoms with van der Waals surface area (Å²) in [5.41, 5.74) is 4.51. The summed E-state index contributed by atoms with van der Waals surface area (Å²) >= 11 is 0. The van der Waals surface area contributed by atoms with Gasteiger partial charge in [-0.25, -0.2) is 0 Å². The molecular weight excluding hydrogens is 290 g/mol. The van der Waals surface area contributed by atoms with E-state index in [1.54, 1.807) is 0 Å². The standard InChI is InChI=1S/C23H27N/c1-5-11-19-20-15-10-16-23(3,4)22(20)24(21(19)12-6-2)17-18-13-8-7-9-14-18/h5-9,11-14H,1-2,10,15-17H2,3-4H3/b19-11-,21-12+. The van der Waals surface area contributed by atoms with Crippen LogP contribution in [-0.2, 0) is 18.4 Å². The van der Waals surface area contributed by atoms with Gasteiger partial charge in [-0.3, -0.25) is 0 Å². The van der Waals surface area contributed by atoms with Crippen molar-refractivity contribution in [3.05, 3.63) is 83.0 Å². The Bertz CT molecular complexity index is 863. The molecule has 0 fully saturated rings. The molecule has 0 saturated carbocycles. The summed E-state index contributed by atoms with van der Waals surface area (Å²) < 4.78 is 2.50. The van der Waals surface area contributed by atoms with E-state index in [4.69, 9.17) is 0 Å². The molecule has 0 saturated heterocycles. The molecule has 3 rings (SSSR count). The smallest absolute Gasteiger partial charge is 0.0488 e. The SMILES string of the molecule is C=C/C=c1/c2c(n(Cc3ccccc3)/c1=C/C=C)C(C)(C)CCC2. The van der Waals surface area contributed by atoms with E-state index in [-0.39, 0.29) is 5.41 Å². The second-order valence-electron chi connectivity index (χ2n) is 7.24. The normalized spacial score (nSPS) is 17.6. The summed E-state index contributed by atoms with van der Waals surface area (Å²) in [6.07, 6.45) is 11.8. The molecule has 24 heavy (non-hydrogen) atoms. The average molecular weight is 317 g/mol. The van der Waals surface area contributed by atoms with Crippen molar-refractivity contribution in [2.45, 2.75) is 45.1 Å². The number of fused-ring (bicyclic) bond motifs is 1. The Morgan fingerprint density at radius 3 is 2.46 bits per heavy atom. The first-order valence-corrected chi connectivity index (χ1v) is 8.80. The van der Waals surface area contributed by atoms with Gasteiger partial charge in [0.15, 0.2) is 0 Å². The molecule has 1 heteroatoms. The van der Waals surface area contributed by atoms with E-state index >= 15 is 0 Å². The van der Waals surface area contributed by atoms with Gasteiger partial charge in [0.1, 0.15) is 0 Å². The third-order valence-electron chi connectivity index (χ3n) is 5.06. The van der Waals surface area contributed by atoms with E-state index in [2.05, 4.69) is 74.1 Å². The lowest BCUT2D eigenvalue weighted by Gasteiger charge is -2.32. The van der Waals surface area contributed by atoms with E-state index < -0.39 is 0 Å². The maximum Gasteiger partial charge on any atom is 0.0488 e. The molecule has 1 aromatic heterocycles. The second-order valence-corrected chi connectivity index (χ2v) is 7.24. The topological polar surface area (TPSA) is 4.93 Å². The third-order valence-corrected chi connectivity index (χ3v) is 5.06. The van der Waals surface area contributed by atoms with Crippen LogP contribution in [-0.4, -0.2) is 4.57 Å². The zero-order valence-corrected chi connectivity index (χ0v) is 14.9. The van der Waals surface area contributed by atoms with Crippen molar-refractivity contribution in [2.75, 3.05) is 0 Å². The van der Waals surface area contributed by atoms with Crippen LogP contribution in [0.4, 0.5) is 0 Å². The first-order chi connectivity index (χ1) is 11.6. The zero-order chi connectivity index (χ0) is 17.2. The maximum atomic E-state index is 3.94. The van der Waals surface area contributed by atoms with Crippen molar-refractivity contribution >= 4 is 12.2 Å². The predicted octanol–water partition coefficient (Wildman–Crippen LogP) is 4.08. The Labute approximate surface area is 145 Å². The molecule has 2 aromatic rings. The molecule has 0 atom stereocenters. The van der Waals surface area contributed by atoms with E-state index in [9.17, 15) is 0 Å². The molecule has 0 radical (unpaired) electrons. The largest absolute Gasteiger partial charge is 0.339 e. The lowest BCUT2D eigenvalue weighted by atomic mass is 9.76. The van der Waals surface area contributed by atoms with Gasteiger partial charge in [0, 0.05) is 28.2 Å². The number of hydrogen-bond acceptors (Lipinski definition) is 0. The summed E-state index contributed by atoms with van der Waals surface area (Å²) in [4.78, 5) is 0. The highest BCUT2D eigenvalue weighted by Crippen LogP contribution is 2.35. The maximum absolute atomic E-state index is 3.94. The molecule has 1 aromatic carbocycles.